The lowest BCUT2D eigenvalue weighted by atomic mass is 9.94. The molecule has 1 aliphatic rings. The summed E-state index contributed by atoms with van der Waals surface area (Å²) >= 11 is 0. The summed E-state index contributed by atoms with van der Waals surface area (Å²) in [6.07, 6.45) is -6.43. The molecule has 0 aromatic carbocycles. The Morgan fingerprint density at radius 2 is 1.88 bits per heavy atom. The zero-order chi connectivity index (χ0) is 13.4. The van der Waals surface area contributed by atoms with E-state index in [4.69, 9.17) is 0 Å². The molecule has 2 unspecified atom stereocenters. The summed E-state index contributed by atoms with van der Waals surface area (Å²) in [6.45, 7) is 5.26. The standard InChI is InChI=1S/C11H18F3NO2/c1-10(2,3)9(17)15-6-4-5-7(15)8(16)11(12,13)14/h7-8,16H,4-6H2,1-3H3. The lowest BCUT2D eigenvalue weighted by Gasteiger charge is -2.33. The Kier molecular flexibility index (Phi) is 3.76. The van der Waals surface area contributed by atoms with Crippen molar-refractivity contribution in [1.29, 1.82) is 0 Å². The number of aliphatic hydroxyl groups is 1. The predicted octanol–water partition coefficient (Wildman–Crippen LogP) is 1.95. The van der Waals surface area contributed by atoms with Crippen molar-refractivity contribution < 1.29 is 23.1 Å². The smallest absolute Gasteiger partial charge is 0.382 e. The van der Waals surface area contributed by atoms with E-state index >= 15 is 0 Å². The number of aliphatic hydroxyl groups excluding tert-OH is 1. The van der Waals surface area contributed by atoms with Gasteiger partial charge in [-0.25, -0.2) is 0 Å². The maximum Gasteiger partial charge on any atom is 0.416 e. The van der Waals surface area contributed by atoms with Crippen LogP contribution in [0.1, 0.15) is 33.6 Å². The molecule has 0 aromatic heterocycles. The van der Waals surface area contributed by atoms with E-state index in [9.17, 15) is 23.1 Å². The number of amides is 1. The van der Waals surface area contributed by atoms with E-state index in [1.165, 1.54) is 0 Å². The van der Waals surface area contributed by atoms with E-state index in [-0.39, 0.29) is 18.9 Å². The number of halogens is 3. The summed E-state index contributed by atoms with van der Waals surface area (Å²) < 4.78 is 37.3. The van der Waals surface area contributed by atoms with Crippen LogP contribution in [-0.2, 0) is 4.79 Å². The minimum absolute atomic E-state index is 0.197. The molecule has 3 nitrogen and oxygen atoms in total. The second-order valence-corrected chi connectivity index (χ2v) is 5.44. The Labute approximate surface area is 98.6 Å². The largest absolute Gasteiger partial charge is 0.416 e. The number of hydrogen-bond donors (Lipinski definition) is 1. The van der Waals surface area contributed by atoms with Gasteiger partial charge < -0.3 is 10.0 Å². The van der Waals surface area contributed by atoms with Crippen LogP contribution >= 0.6 is 0 Å². The Morgan fingerprint density at radius 3 is 2.29 bits per heavy atom. The van der Waals surface area contributed by atoms with Crippen molar-refractivity contribution in [2.75, 3.05) is 6.54 Å². The molecule has 2 atom stereocenters. The fourth-order valence-electron chi connectivity index (χ4n) is 2.02. The van der Waals surface area contributed by atoms with Crippen LogP contribution < -0.4 is 0 Å². The van der Waals surface area contributed by atoms with Crippen LogP contribution in [0.5, 0.6) is 0 Å². The fourth-order valence-corrected chi connectivity index (χ4v) is 2.02. The summed E-state index contributed by atoms with van der Waals surface area (Å²) in [6, 6.07) is -1.14. The fraction of sp³-hybridized carbons (Fsp3) is 0.909. The third kappa shape index (κ3) is 3.12. The second kappa shape index (κ2) is 4.48. The zero-order valence-corrected chi connectivity index (χ0v) is 10.2. The van der Waals surface area contributed by atoms with Gasteiger partial charge in [-0.1, -0.05) is 20.8 Å². The third-order valence-corrected chi connectivity index (χ3v) is 2.90. The van der Waals surface area contributed by atoms with Gasteiger partial charge in [0, 0.05) is 12.0 Å². The lowest BCUT2D eigenvalue weighted by Crippen LogP contribution is -2.51. The summed E-state index contributed by atoms with van der Waals surface area (Å²) in [5.74, 6) is -0.344. The molecule has 17 heavy (non-hydrogen) atoms. The molecule has 100 valence electrons. The van der Waals surface area contributed by atoms with Crippen LogP contribution in [0.3, 0.4) is 0 Å². The van der Waals surface area contributed by atoms with E-state index < -0.39 is 23.7 Å². The van der Waals surface area contributed by atoms with Gasteiger partial charge in [-0.15, -0.1) is 0 Å². The van der Waals surface area contributed by atoms with Gasteiger partial charge in [0.2, 0.25) is 5.91 Å². The van der Waals surface area contributed by atoms with Gasteiger partial charge in [-0.2, -0.15) is 13.2 Å². The van der Waals surface area contributed by atoms with Crippen LogP contribution in [0.15, 0.2) is 0 Å². The van der Waals surface area contributed by atoms with E-state index in [0.29, 0.717) is 6.42 Å². The molecular formula is C11H18F3NO2. The van der Waals surface area contributed by atoms with Crippen molar-refractivity contribution >= 4 is 5.91 Å². The van der Waals surface area contributed by atoms with Gasteiger partial charge >= 0.3 is 6.18 Å². The van der Waals surface area contributed by atoms with Crippen LogP contribution in [-0.4, -0.2) is 40.8 Å². The molecule has 0 bridgehead atoms. The average Bonchev–Trinajstić information content (AvgIpc) is 2.60. The van der Waals surface area contributed by atoms with Crippen molar-refractivity contribution in [2.24, 2.45) is 5.41 Å². The highest BCUT2D eigenvalue weighted by Gasteiger charge is 2.49. The highest BCUT2D eigenvalue weighted by atomic mass is 19.4. The molecule has 1 saturated heterocycles. The molecule has 1 aliphatic heterocycles. The first-order chi connectivity index (χ1) is 7.55. The topological polar surface area (TPSA) is 40.5 Å². The molecule has 0 aromatic rings. The van der Waals surface area contributed by atoms with E-state index in [1.54, 1.807) is 20.8 Å². The van der Waals surface area contributed by atoms with Crippen LogP contribution in [0.4, 0.5) is 13.2 Å². The maximum absolute atomic E-state index is 12.4. The first-order valence-electron chi connectivity index (χ1n) is 5.61. The predicted molar refractivity (Wildman–Crippen MR) is 56.3 cm³/mol. The van der Waals surface area contributed by atoms with Crippen molar-refractivity contribution in [2.45, 2.75) is 51.9 Å². The molecule has 1 N–H and O–H groups in total. The first-order valence-corrected chi connectivity index (χ1v) is 5.61. The highest BCUT2D eigenvalue weighted by molar-refractivity contribution is 5.82. The SMILES string of the molecule is CC(C)(C)C(=O)N1CCCC1C(O)C(F)(F)F. The minimum atomic E-state index is -4.68. The normalized spacial score (nSPS) is 23.9. The van der Waals surface area contributed by atoms with Gasteiger partial charge in [0.05, 0.1) is 6.04 Å². The Morgan fingerprint density at radius 1 is 1.35 bits per heavy atom. The lowest BCUT2D eigenvalue weighted by molar-refractivity contribution is -0.219. The van der Waals surface area contributed by atoms with Gasteiger partial charge in [-0.3, -0.25) is 4.79 Å². The zero-order valence-electron chi connectivity index (χ0n) is 10.2. The number of alkyl halides is 3. The number of likely N-dealkylation sites (tertiary alicyclic amines) is 1. The van der Waals surface area contributed by atoms with Crippen LogP contribution in [0, 0.1) is 5.41 Å². The second-order valence-electron chi connectivity index (χ2n) is 5.44. The van der Waals surface area contributed by atoms with E-state index in [0.717, 1.165) is 4.90 Å². The summed E-state index contributed by atoms with van der Waals surface area (Å²) in [7, 11) is 0. The maximum atomic E-state index is 12.4. The monoisotopic (exact) mass is 253 g/mol. The van der Waals surface area contributed by atoms with E-state index in [1.807, 2.05) is 0 Å². The Hall–Kier alpha value is -0.780. The van der Waals surface area contributed by atoms with Crippen molar-refractivity contribution in [1.82, 2.24) is 4.90 Å². The summed E-state index contributed by atoms with van der Waals surface area (Å²) in [5, 5.41) is 9.25. The minimum Gasteiger partial charge on any atom is -0.382 e. The number of nitrogens with zero attached hydrogens (tertiary/aromatic N) is 1. The van der Waals surface area contributed by atoms with Gasteiger partial charge in [0.1, 0.15) is 0 Å². The number of carbonyl (C=O) groups excluding carboxylic acids is 1. The molecule has 1 heterocycles. The number of rotatable bonds is 1. The molecule has 0 spiro atoms. The van der Waals surface area contributed by atoms with E-state index in [2.05, 4.69) is 0 Å². The molecule has 0 aliphatic carbocycles. The summed E-state index contributed by atoms with van der Waals surface area (Å²) in [5.41, 5.74) is -0.728. The Bertz CT molecular complexity index is 296. The molecule has 1 fully saturated rings. The molecule has 0 radical (unpaired) electrons. The van der Waals surface area contributed by atoms with Crippen LogP contribution in [0.25, 0.3) is 0 Å². The molecule has 1 amide bonds. The summed E-state index contributed by atoms with van der Waals surface area (Å²) in [4.78, 5) is 13.1. The molecule has 6 heteroatoms. The average molecular weight is 253 g/mol. The van der Waals surface area contributed by atoms with Gasteiger partial charge in [0.25, 0.3) is 0 Å². The quantitative estimate of drug-likeness (QED) is 0.776. The molecule has 1 rings (SSSR count). The van der Waals surface area contributed by atoms with Crippen LogP contribution in [0.2, 0.25) is 0 Å². The van der Waals surface area contributed by atoms with Crippen molar-refractivity contribution in [3.63, 3.8) is 0 Å². The van der Waals surface area contributed by atoms with Gasteiger partial charge in [0.15, 0.2) is 6.10 Å². The van der Waals surface area contributed by atoms with Crippen molar-refractivity contribution in [3.05, 3.63) is 0 Å². The molecular weight excluding hydrogens is 235 g/mol. The Balaban J connectivity index is 2.84. The first kappa shape index (κ1) is 14.3. The molecule has 0 saturated carbocycles. The third-order valence-electron chi connectivity index (χ3n) is 2.90. The van der Waals surface area contributed by atoms with Crippen molar-refractivity contribution in [3.8, 4) is 0 Å². The highest BCUT2D eigenvalue weighted by Crippen LogP contribution is 2.33. The number of hydrogen-bond acceptors (Lipinski definition) is 2. The number of carbonyl (C=O) groups is 1. The van der Waals surface area contributed by atoms with Gasteiger partial charge in [-0.05, 0) is 12.8 Å².